The highest BCUT2D eigenvalue weighted by Gasteiger charge is 2.18. The van der Waals surface area contributed by atoms with Crippen LogP contribution in [0.1, 0.15) is 37.8 Å². The van der Waals surface area contributed by atoms with Gasteiger partial charge in [0.15, 0.2) is 0 Å². The molecule has 0 aliphatic carbocycles. The molecule has 0 amide bonds. The molecule has 0 fully saturated rings. The summed E-state index contributed by atoms with van der Waals surface area (Å²) in [6.45, 7) is 8.06. The van der Waals surface area contributed by atoms with Crippen molar-refractivity contribution in [3.8, 4) is 0 Å². The molecule has 20 heavy (non-hydrogen) atoms. The monoisotopic (exact) mass is 289 g/mol. The minimum absolute atomic E-state index is 0.295. The summed E-state index contributed by atoms with van der Waals surface area (Å²) < 4.78 is 0. The van der Waals surface area contributed by atoms with Gasteiger partial charge in [-0.05, 0) is 18.4 Å². The van der Waals surface area contributed by atoms with Crippen molar-refractivity contribution in [2.75, 3.05) is 11.4 Å². The first-order valence-electron chi connectivity index (χ1n) is 6.92. The van der Waals surface area contributed by atoms with Crippen LogP contribution in [0, 0.1) is 0 Å². The van der Waals surface area contributed by atoms with Gasteiger partial charge in [-0.25, -0.2) is 9.97 Å². The van der Waals surface area contributed by atoms with Gasteiger partial charge in [0.2, 0.25) is 0 Å². The summed E-state index contributed by atoms with van der Waals surface area (Å²) >= 11 is 6.25. The summed E-state index contributed by atoms with van der Waals surface area (Å²) in [5.41, 5.74) is 2.28. The lowest BCUT2D eigenvalue weighted by atomic mass is 10.1. The van der Waals surface area contributed by atoms with Crippen molar-refractivity contribution in [3.63, 3.8) is 0 Å². The van der Waals surface area contributed by atoms with Gasteiger partial charge in [0.05, 0.1) is 0 Å². The molecule has 0 saturated carbocycles. The maximum absolute atomic E-state index is 6.25. The van der Waals surface area contributed by atoms with E-state index in [2.05, 4.69) is 59.9 Å². The van der Waals surface area contributed by atoms with Crippen LogP contribution in [0.5, 0.6) is 0 Å². The number of hydrogen-bond acceptors (Lipinski definition) is 3. The topological polar surface area (TPSA) is 29.0 Å². The average molecular weight is 290 g/mol. The zero-order valence-electron chi connectivity index (χ0n) is 12.2. The Morgan fingerprint density at radius 1 is 1.15 bits per heavy atom. The van der Waals surface area contributed by atoms with Gasteiger partial charge < -0.3 is 4.90 Å². The average Bonchev–Trinajstić information content (AvgIpc) is 2.45. The molecule has 0 spiro atoms. The second-order valence-corrected chi connectivity index (χ2v) is 5.41. The second kappa shape index (κ2) is 6.71. The van der Waals surface area contributed by atoms with E-state index >= 15 is 0 Å². The van der Waals surface area contributed by atoms with Crippen LogP contribution in [-0.2, 0) is 6.54 Å². The quantitative estimate of drug-likeness (QED) is 0.769. The molecule has 2 rings (SSSR count). The zero-order chi connectivity index (χ0) is 14.5. The number of benzene rings is 1. The van der Waals surface area contributed by atoms with Crippen LogP contribution < -0.4 is 4.90 Å². The number of anilines is 1. The molecule has 2 aromatic rings. The number of rotatable bonds is 5. The fraction of sp³-hybridized carbons (Fsp3) is 0.375. The second-order valence-electron chi connectivity index (χ2n) is 5.06. The molecule has 0 atom stereocenters. The van der Waals surface area contributed by atoms with E-state index in [1.807, 2.05) is 6.07 Å². The summed E-state index contributed by atoms with van der Waals surface area (Å²) in [6.07, 6.45) is 1.54. The van der Waals surface area contributed by atoms with Crippen LogP contribution in [0.3, 0.4) is 0 Å². The summed E-state index contributed by atoms with van der Waals surface area (Å²) in [4.78, 5) is 10.8. The number of aromatic nitrogens is 2. The SMILES string of the molecule is CCN(Cc1ccccc1)c1ncnc(Cl)c1C(C)C. The van der Waals surface area contributed by atoms with E-state index in [-0.39, 0.29) is 0 Å². The molecule has 106 valence electrons. The molecule has 0 saturated heterocycles. The van der Waals surface area contributed by atoms with Crippen LogP contribution >= 0.6 is 11.6 Å². The first kappa shape index (κ1) is 14.8. The Hall–Kier alpha value is -1.61. The van der Waals surface area contributed by atoms with Gasteiger partial charge >= 0.3 is 0 Å². The molecule has 1 heterocycles. The van der Waals surface area contributed by atoms with E-state index < -0.39 is 0 Å². The molecule has 0 N–H and O–H groups in total. The van der Waals surface area contributed by atoms with Crippen molar-refractivity contribution >= 4 is 17.4 Å². The predicted octanol–water partition coefficient (Wildman–Crippen LogP) is 4.28. The third-order valence-electron chi connectivity index (χ3n) is 3.29. The van der Waals surface area contributed by atoms with Gasteiger partial charge in [0.1, 0.15) is 17.3 Å². The van der Waals surface area contributed by atoms with Crippen molar-refractivity contribution < 1.29 is 0 Å². The van der Waals surface area contributed by atoms with Gasteiger partial charge in [0.25, 0.3) is 0 Å². The van der Waals surface area contributed by atoms with E-state index in [4.69, 9.17) is 11.6 Å². The summed E-state index contributed by atoms with van der Waals surface area (Å²) in [5.74, 6) is 1.23. The lowest BCUT2D eigenvalue weighted by Crippen LogP contribution is -2.25. The molecule has 0 radical (unpaired) electrons. The van der Waals surface area contributed by atoms with E-state index in [0.717, 1.165) is 24.5 Å². The van der Waals surface area contributed by atoms with E-state index in [9.17, 15) is 0 Å². The van der Waals surface area contributed by atoms with Gasteiger partial charge in [0, 0.05) is 18.7 Å². The van der Waals surface area contributed by atoms with Gasteiger partial charge in [-0.2, -0.15) is 0 Å². The van der Waals surface area contributed by atoms with Crippen molar-refractivity contribution in [3.05, 3.63) is 52.9 Å². The molecule has 0 aliphatic rings. The largest absolute Gasteiger partial charge is 0.352 e. The third kappa shape index (κ3) is 3.28. The maximum atomic E-state index is 6.25. The Morgan fingerprint density at radius 2 is 1.85 bits per heavy atom. The summed E-state index contributed by atoms with van der Waals surface area (Å²) in [7, 11) is 0. The highest BCUT2D eigenvalue weighted by molar-refractivity contribution is 6.30. The maximum Gasteiger partial charge on any atom is 0.138 e. The van der Waals surface area contributed by atoms with Crippen LogP contribution in [0.15, 0.2) is 36.7 Å². The smallest absolute Gasteiger partial charge is 0.138 e. The standard InChI is InChI=1S/C16H20ClN3/c1-4-20(10-13-8-6-5-7-9-13)16-14(12(2)3)15(17)18-11-19-16/h5-9,11-12H,4,10H2,1-3H3. The van der Waals surface area contributed by atoms with Crippen LogP contribution in [0.2, 0.25) is 5.15 Å². The number of halogens is 1. The molecule has 1 aromatic heterocycles. The van der Waals surface area contributed by atoms with Crippen molar-refractivity contribution in [1.82, 2.24) is 9.97 Å². The predicted molar refractivity (Wildman–Crippen MR) is 84.3 cm³/mol. The summed E-state index contributed by atoms with van der Waals surface area (Å²) in [5, 5.41) is 0.552. The van der Waals surface area contributed by atoms with Crippen LogP contribution in [-0.4, -0.2) is 16.5 Å². The number of hydrogen-bond donors (Lipinski definition) is 0. The van der Waals surface area contributed by atoms with Crippen molar-refractivity contribution in [2.45, 2.75) is 33.2 Å². The molecular formula is C16H20ClN3. The zero-order valence-corrected chi connectivity index (χ0v) is 12.9. The lowest BCUT2D eigenvalue weighted by molar-refractivity contribution is 0.770. The third-order valence-corrected chi connectivity index (χ3v) is 3.59. The van der Waals surface area contributed by atoms with Crippen molar-refractivity contribution in [1.29, 1.82) is 0 Å². The number of nitrogens with zero attached hydrogens (tertiary/aromatic N) is 3. The fourth-order valence-corrected chi connectivity index (χ4v) is 2.60. The summed E-state index contributed by atoms with van der Waals surface area (Å²) in [6, 6.07) is 10.4. The highest BCUT2D eigenvalue weighted by Crippen LogP contribution is 2.31. The van der Waals surface area contributed by atoms with Crippen molar-refractivity contribution in [2.24, 2.45) is 0 Å². The molecule has 3 nitrogen and oxygen atoms in total. The van der Waals surface area contributed by atoms with Crippen LogP contribution in [0.4, 0.5) is 5.82 Å². The van der Waals surface area contributed by atoms with E-state index in [1.165, 1.54) is 11.9 Å². The minimum Gasteiger partial charge on any atom is -0.352 e. The Kier molecular flexibility index (Phi) is 4.96. The fourth-order valence-electron chi connectivity index (χ4n) is 2.25. The molecule has 1 aromatic carbocycles. The molecule has 4 heteroatoms. The van der Waals surface area contributed by atoms with Gasteiger partial charge in [-0.1, -0.05) is 55.8 Å². The molecular weight excluding hydrogens is 270 g/mol. The van der Waals surface area contributed by atoms with E-state index in [1.54, 1.807) is 0 Å². The van der Waals surface area contributed by atoms with E-state index in [0.29, 0.717) is 11.1 Å². The Morgan fingerprint density at radius 3 is 2.45 bits per heavy atom. The first-order chi connectivity index (χ1) is 9.63. The lowest BCUT2D eigenvalue weighted by Gasteiger charge is -2.26. The molecule has 0 aliphatic heterocycles. The van der Waals surface area contributed by atoms with Crippen LogP contribution in [0.25, 0.3) is 0 Å². The minimum atomic E-state index is 0.295. The first-order valence-corrected chi connectivity index (χ1v) is 7.30. The Labute approximate surface area is 125 Å². The normalized spacial score (nSPS) is 10.8. The Bertz CT molecular complexity index is 555. The van der Waals surface area contributed by atoms with Gasteiger partial charge in [-0.3, -0.25) is 0 Å². The van der Waals surface area contributed by atoms with Gasteiger partial charge in [-0.15, -0.1) is 0 Å². The molecule has 0 bridgehead atoms. The molecule has 0 unspecified atom stereocenters. The highest BCUT2D eigenvalue weighted by atomic mass is 35.5. The Balaban J connectivity index is 2.35.